The highest BCUT2D eigenvalue weighted by Crippen LogP contribution is 1.48. The SMILES string of the molecule is CI.COC=O. The minimum absolute atomic E-state index is 0.375. The molecule has 0 aliphatic carbocycles. The van der Waals surface area contributed by atoms with Crippen LogP contribution in [-0.4, -0.2) is 18.5 Å². The molecule has 2 nitrogen and oxygen atoms in total. The largest absolute Gasteiger partial charge is 0.471 e. The summed E-state index contributed by atoms with van der Waals surface area (Å²) in [6, 6.07) is 0. The lowest BCUT2D eigenvalue weighted by Crippen LogP contribution is -1.68. The number of halogens is 1. The Morgan fingerprint density at radius 3 is 1.83 bits per heavy atom. The number of ether oxygens (including phenoxy) is 1. The fraction of sp³-hybridized carbons (Fsp3) is 0.667. The topological polar surface area (TPSA) is 26.3 Å². The van der Waals surface area contributed by atoms with E-state index in [1.807, 2.05) is 4.93 Å². The maximum atomic E-state index is 8.95. The standard InChI is InChI=1S/C2H4O2.CH3I/c1-4-2-3;1-2/h2H,1H3;1H3. The zero-order valence-electron chi connectivity index (χ0n) is 3.77. The Balaban J connectivity index is 0. The van der Waals surface area contributed by atoms with E-state index in [9.17, 15) is 0 Å². The van der Waals surface area contributed by atoms with E-state index in [0.717, 1.165) is 0 Å². The molecule has 6 heavy (non-hydrogen) atoms. The van der Waals surface area contributed by atoms with Gasteiger partial charge in [-0.15, -0.1) is 0 Å². The molecule has 0 saturated heterocycles. The highest BCUT2D eigenvalue weighted by atomic mass is 127. The summed E-state index contributed by atoms with van der Waals surface area (Å²) >= 11 is 2.15. The third kappa shape index (κ3) is 29.9. The average Bonchev–Trinajstić information content (AvgIpc) is 1.72. The Labute approximate surface area is 51.0 Å². The molecule has 0 unspecified atom stereocenters. The molecule has 0 radical (unpaired) electrons. The maximum absolute atomic E-state index is 8.95. The van der Waals surface area contributed by atoms with Crippen molar-refractivity contribution in [1.82, 2.24) is 0 Å². The quantitative estimate of drug-likeness (QED) is 0.357. The van der Waals surface area contributed by atoms with Crippen LogP contribution in [0.15, 0.2) is 0 Å². The molecule has 0 aromatic carbocycles. The second-order valence-electron chi connectivity index (χ2n) is 0.332. The highest BCUT2D eigenvalue weighted by Gasteiger charge is 1.44. The molecule has 0 fully saturated rings. The smallest absolute Gasteiger partial charge is 0.292 e. The summed E-state index contributed by atoms with van der Waals surface area (Å²) in [4.78, 5) is 10.9. The summed E-state index contributed by atoms with van der Waals surface area (Å²) in [6.07, 6.45) is 0. The molecule has 3 heteroatoms. The third-order valence-corrected chi connectivity index (χ3v) is 0.0962. The second-order valence-corrected chi connectivity index (χ2v) is 0.332. The Hall–Kier alpha value is 0.200. The van der Waals surface area contributed by atoms with Crippen LogP contribution in [0.25, 0.3) is 0 Å². The number of carbonyl (C=O) groups is 1. The lowest BCUT2D eigenvalue weighted by atomic mass is 11.5. The monoisotopic (exact) mass is 202 g/mol. The van der Waals surface area contributed by atoms with Gasteiger partial charge in [-0.05, 0) is 4.93 Å². The van der Waals surface area contributed by atoms with Crippen LogP contribution >= 0.6 is 22.6 Å². The van der Waals surface area contributed by atoms with Crippen molar-refractivity contribution >= 4 is 29.1 Å². The minimum Gasteiger partial charge on any atom is -0.471 e. The van der Waals surface area contributed by atoms with Crippen LogP contribution in [0.1, 0.15) is 0 Å². The van der Waals surface area contributed by atoms with Crippen LogP contribution in [0.4, 0.5) is 0 Å². The first-order valence-electron chi connectivity index (χ1n) is 1.26. The zero-order valence-corrected chi connectivity index (χ0v) is 5.93. The van der Waals surface area contributed by atoms with Crippen LogP contribution < -0.4 is 0 Å². The molecule has 0 aromatic rings. The lowest BCUT2D eigenvalue weighted by Gasteiger charge is -1.67. The van der Waals surface area contributed by atoms with Crippen LogP contribution in [0.5, 0.6) is 0 Å². The molecule has 0 atom stereocenters. The highest BCUT2D eigenvalue weighted by molar-refractivity contribution is 14.1. The van der Waals surface area contributed by atoms with Gasteiger partial charge < -0.3 is 4.74 Å². The molecule has 0 bridgehead atoms. The van der Waals surface area contributed by atoms with Gasteiger partial charge in [0, 0.05) is 0 Å². The summed E-state index contributed by atoms with van der Waals surface area (Å²) in [5.74, 6) is 0. The van der Waals surface area contributed by atoms with Crippen LogP contribution in [0.3, 0.4) is 0 Å². The number of alkyl halides is 1. The van der Waals surface area contributed by atoms with E-state index in [0.29, 0.717) is 6.47 Å². The van der Waals surface area contributed by atoms with E-state index >= 15 is 0 Å². The molecule has 0 saturated carbocycles. The van der Waals surface area contributed by atoms with Gasteiger partial charge >= 0.3 is 0 Å². The normalized spacial score (nSPS) is 4.50. The molecule has 0 amide bonds. The summed E-state index contributed by atoms with van der Waals surface area (Å²) in [7, 11) is 1.31. The minimum atomic E-state index is 0.375. The molecule has 0 aliphatic rings. The van der Waals surface area contributed by atoms with E-state index in [1.54, 1.807) is 0 Å². The maximum Gasteiger partial charge on any atom is 0.292 e. The Morgan fingerprint density at radius 2 is 1.83 bits per heavy atom. The van der Waals surface area contributed by atoms with Crippen molar-refractivity contribution in [2.24, 2.45) is 0 Å². The molecule has 0 aromatic heterocycles. The Kier molecular flexibility index (Phi) is 30.0. The number of methoxy groups -OCH3 is 1. The van der Waals surface area contributed by atoms with Gasteiger partial charge in [0.2, 0.25) is 0 Å². The van der Waals surface area contributed by atoms with Crippen molar-refractivity contribution < 1.29 is 9.53 Å². The molecular weight excluding hydrogens is 195 g/mol. The fourth-order valence-corrected chi connectivity index (χ4v) is 0. The molecule has 0 rings (SSSR count). The number of hydrogen-bond acceptors (Lipinski definition) is 2. The van der Waals surface area contributed by atoms with E-state index in [1.165, 1.54) is 7.11 Å². The molecule has 0 spiro atoms. The van der Waals surface area contributed by atoms with E-state index in [-0.39, 0.29) is 0 Å². The first kappa shape index (κ1) is 9.50. The summed E-state index contributed by atoms with van der Waals surface area (Å²) in [6.45, 7) is 0.375. The average molecular weight is 202 g/mol. The van der Waals surface area contributed by atoms with Crippen molar-refractivity contribution in [2.45, 2.75) is 0 Å². The predicted octanol–water partition coefficient (Wildman–Crippen LogP) is 0.840. The van der Waals surface area contributed by atoms with Crippen molar-refractivity contribution in [1.29, 1.82) is 0 Å². The van der Waals surface area contributed by atoms with Crippen molar-refractivity contribution in [3.05, 3.63) is 0 Å². The van der Waals surface area contributed by atoms with Gasteiger partial charge in [-0.2, -0.15) is 0 Å². The lowest BCUT2D eigenvalue weighted by molar-refractivity contribution is -0.126. The van der Waals surface area contributed by atoms with Gasteiger partial charge in [-0.25, -0.2) is 0 Å². The van der Waals surface area contributed by atoms with Crippen LogP contribution in [0.2, 0.25) is 0 Å². The van der Waals surface area contributed by atoms with Gasteiger partial charge in [0.25, 0.3) is 6.47 Å². The second kappa shape index (κ2) is 19.0. The zero-order chi connectivity index (χ0) is 5.41. The summed E-state index contributed by atoms with van der Waals surface area (Å²) in [5.41, 5.74) is 0. The molecule has 38 valence electrons. The fourth-order valence-electron chi connectivity index (χ4n) is 0. The van der Waals surface area contributed by atoms with Crippen LogP contribution in [0, 0.1) is 0 Å². The molecular formula is C3H7IO2. The van der Waals surface area contributed by atoms with Gasteiger partial charge in [0.15, 0.2) is 0 Å². The Morgan fingerprint density at radius 1 is 1.67 bits per heavy atom. The van der Waals surface area contributed by atoms with Gasteiger partial charge in [0.05, 0.1) is 7.11 Å². The predicted molar refractivity (Wildman–Crippen MR) is 33.0 cm³/mol. The first-order valence-corrected chi connectivity index (χ1v) is 3.42. The van der Waals surface area contributed by atoms with E-state index in [4.69, 9.17) is 4.79 Å². The molecule has 0 heterocycles. The molecule has 0 aliphatic heterocycles. The van der Waals surface area contributed by atoms with Gasteiger partial charge in [-0.3, -0.25) is 4.79 Å². The summed E-state index contributed by atoms with van der Waals surface area (Å²) in [5, 5.41) is 0. The van der Waals surface area contributed by atoms with Gasteiger partial charge in [0.1, 0.15) is 0 Å². The van der Waals surface area contributed by atoms with Gasteiger partial charge in [-0.1, -0.05) is 22.6 Å². The van der Waals surface area contributed by atoms with Crippen molar-refractivity contribution in [3.63, 3.8) is 0 Å². The first-order chi connectivity index (χ1) is 2.91. The van der Waals surface area contributed by atoms with E-state index in [2.05, 4.69) is 27.3 Å². The molecule has 0 N–H and O–H groups in total. The van der Waals surface area contributed by atoms with Crippen LogP contribution in [-0.2, 0) is 9.53 Å². The van der Waals surface area contributed by atoms with Crippen molar-refractivity contribution in [2.75, 3.05) is 12.0 Å². The Bertz CT molecular complexity index is 22.8. The summed E-state index contributed by atoms with van der Waals surface area (Å²) < 4.78 is 3.86. The number of rotatable bonds is 1. The number of hydrogen-bond donors (Lipinski definition) is 0. The van der Waals surface area contributed by atoms with E-state index < -0.39 is 0 Å². The van der Waals surface area contributed by atoms with Crippen molar-refractivity contribution in [3.8, 4) is 0 Å². The number of carbonyl (C=O) groups excluding carboxylic acids is 1. The third-order valence-electron chi connectivity index (χ3n) is 0.0962.